The average Bonchev–Trinajstić information content (AvgIpc) is 2.10. The minimum atomic E-state index is -0.458. The van der Waals surface area contributed by atoms with Crippen LogP contribution in [-0.2, 0) is 23.8 Å². The SMILES string of the molecule is CC(=O)OCO[C@@H](CCl)COC(C)=O. The summed E-state index contributed by atoms with van der Waals surface area (Å²) in [5.74, 6) is -0.684. The zero-order valence-corrected chi connectivity index (χ0v) is 8.87. The van der Waals surface area contributed by atoms with Crippen LogP contribution in [0.4, 0.5) is 0 Å². The second kappa shape index (κ2) is 7.58. The number of rotatable bonds is 6. The van der Waals surface area contributed by atoms with Crippen LogP contribution in [0, 0.1) is 0 Å². The number of esters is 2. The van der Waals surface area contributed by atoms with Crippen molar-refractivity contribution in [3.8, 4) is 0 Å². The lowest BCUT2D eigenvalue weighted by molar-refractivity contribution is -0.163. The van der Waals surface area contributed by atoms with E-state index in [9.17, 15) is 9.59 Å². The zero-order valence-electron chi connectivity index (χ0n) is 8.12. The van der Waals surface area contributed by atoms with Gasteiger partial charge in [-0.3, -0.25) is 9.59 Å². The van der Waals surface area contributed by atoms with Crippen LogP contribution < -0.4 is 0 Å². The van der Waals surface area contributed by atoms with E-state index in [4.69, 9.17) is 16.3 Å². The molecule has 5 nitrogen and oxygen atoms in total. The summed E-state index contributed by atoms with van der Waals surface area (Å²) in [6, 6.07) is 0. The molecule has 0 bridgehead atoms. The lowest BCUT2D eigenvalue weighted by Gasteiger charge is -2.14. The first-order chi connectivity index (χ1) is 6.56. The molecule has 82 valence electrons. The minimum absolute atomic E-state index is 0.0557. The summed E-state index contributed by atoms with van der Waals surface area (Å²) < 4.78 is 14.2. The molecule has 14 heavy (non-hydrogen) atoms. The highest BCUT2D eigenvalue weighted by Crippen LogP contribution is 1.97. The first-order valence-electron chi connectivity index (χ1n) is 4.00. The number of carbonyl (C=O) groups excluding carboxylic acids is 2. The van der Waals surface area contributed by atoms with E-state index in [0.717, 1.165) is 0 Å². The largest absolute Gasteiger partial charge is 0.463 e. The molecular formula is C8H13ClO5. The topological polar surface area (TPSA) is 61.8 Å². The summed E-state index contributed by atoms with van der Waals surface area (Å²) >= 11 is 5.51. The Morgan fingerprint density at radius 3 is 2.21 bits per heavy atom. The van der Waals surface area contributed by atoms with Gasteiger partial charge in [0.1, 0.15) is 12.7 Å². The van der Waals surface area contributed by atoms with Gasteiger partial charge in [-0.2, -0.15) is 0 Å². The van der Waals surface area contributed by atoms with Gasteiger partial charge in [-0.1, -0.05) is 0 Å². The van der Waals surface area contributed by atoms with Gasteiger partial charge in [0.25, 0.3) is 0 Å². The van der Waals surface area contributed by atoms with E-state index in [2.05, 4.69) is 9.47 Å². The van der Waals surface area contributed by atoms with Crippen molar-refractivity contribution in [2.24, 2.45) is 0 Å². The summed E-state index contributed by atoms with van der Waals surface area (Å²) in [7, 11) is 0. The first kappa shape index (κ1) is 13.2. The second-order valence-electron chi connectivity index (χ2n) is 2.50. The number of halogens is 1. The van der Waals surface area contributed by atoms with Gasteiger partial charge in [-0.15, -0.1) is 11.6 Å². The zero-order chi connectivity index (χ0) is 11.0. The predicted octanol–water partition coefficient (Wildman–Crippen LogP) is 0.694. The monoisotopic (exact) mass is 224 g/mol. The maximum atomic E-state index is 10.4. The number of alkyl halides is 1. The predicted molar refractivity (Wildman–Crippen MR) is 48.9 cm³/mol. The molecule has 0 saturated heterocycles. The van der Waals surface area contributed by atoms with Crippen molar-refractivity contribution in [2.45, 2.75) is 20.0 Å². The molecule has 0 radical (unpaired) electrons. The van der Waals surface area contributed by atoms with Gasteiger partial charge in [0.05, 0.1) is 5.88 Å². The van der Waals surface area contributed by atoms with Gasteiger partial charge in [0.15, 0.2) is 6.79 Å². The van der Waals surface area contributed by atoms with E-state index in [1.165, 1.54) is 13.8 Å². The fourth-order valence-electron chi connectivity index (χ4n) is 0.561. The Bertz CT molecular complexity index is 194. The van der Waals surface area contributed by atoms with Crippen molar-refractivity contribution in [1.82, 2.24) is 0 Å². The molecule has 0 aliphatic heterocycles. The number of ether oxygens (including phenoxy) is 3. The highest BCUT2D eigenvalue weighted by molar-refractivity contribution is 6.18. The Morgan fingerprint density at radius 2 is 1.79 bits per heavy atom. The molecule has 0 aliphatic rings. The van der Waals surface area contributed by atoms with E-state index in [-0.39, 0.29) is 19.3 Å². The molecule has 6 heteroatoms. The number of carbonyl (C=O) groups is 2. The van der Waals surface area contributed by atoms with Gasteiger partial charge in [0, 0.05) is 13.8 Å². The highest BCUT2D eigenvalue weighted by Gasteiger charge is 2.10. The Kier molecular flexibility index (Phi) is 7.14. The van der Waals surface area contributed by atoms with Crippen molar-refractivity contribution >= 4 is 23.5 Å². The summed E-state index contributed by atoms with van der Waals surface area (Å²) in [5, 5.41) is 0. The van der Waals surface area contributed by atoms with Gasteiger partial charge < -0.3 is 14.2 Å². The molecule has 0 spiro atoms. The van der Waals surface area contributed by atoms with E-state index in [1.54, 1.807) is 0 Å². The molecule has 0 amide bonds. The maximum Gasteiger partial charge on any atom is 0.304 e. The fourth-order valence-corrected chi connectivity index (χ4v) is 0.739. The Labute approximate surface area is 87.3 Å². The molecule has 0 heterocycles. The standard InChI is InChI=1S/C8H13ClO5/c1-6(10)12-4-8(3-9)14-5-13-7(2)11/h8H,3-5H2,1-2H3/t8-/m0/s1. The smallest absolute Gasteiger partial charge is 0.304 e. The van der Waals surface area contributed by atoms with Crippen LogP contribution >= 0.6 is 11.6 Å². The van der Waals surface area contributed by atoms with E-state index < -0.39 is 18.0 Å². The molecule has 0 aromatic rings. The fraction of sp³-hybridized carbons (Fsp3) is 0.750. The van der Waals surface area contributed by atoms with Crippen LogP contribution in [-0.4, -0.2) is 37.3 Å². The molecule has 0 aliphatic carbocycles. The van der Waals surface area contributed by atoms with Gasteiger partial charge in [-0.25, -0.2) is 0 Å². The third-order valence-corrected chi connectivity index (χ3v) is 1.55. The number of hydrogen-bond donors (Lipinski definition) is 0. The molecule has 0 N–H and O–H groups in total. The van der Waals surface area contributed by atoms with Crippen molar-refractivity contribution in [2.75, 3.05) is 19.3 Å². The quantitative estimate of drug-likeness (QED) is 0.378. The third-order valence-electron chi connectivity index (χ3n) is 1.21. The molecule has 0 aromatic carbocycles. The Morgan fingerprint density at radius 1 is 1.21 bits per heavy atom. The van der Waals surface area contributed by atoms with E-state index in [0.29, 0.717) is 0 Å². The Balaban J connectivity index is 3.57. The summed E-state index contributed by atoms with van der Waals surface area (Å²) in [6.45, 7) is 2.43. The average molecular weight is 225 g/mol. The van der Waals surface area contributed by atoms with Gasteiger partial charge >= 0.3 is 11.9 Å². The van der Waals surface area contributed by atoms with Crippen molar-refractivity contribution < 1.29 is 23.8 Å². The highest BCUT2D eigenvalue weighted by atomic mass is 35.5. The molecule has 0 fully saturated rings. The molecule has 0 aromatic heterocycles. The van der Waals surface area contributed by atoms with Crippen LogP contribution in [0.5, 0.6) is 0 Å². The van der Waals surface area contributed by atoms with Crippen LogP contribution in [0.2, 0.25) is 0 Å². The summed E-state index contributed by atoms with van der Waals surface area (Å²) in [4.78, 5) is 20.8. The molecule has 0 saturated carbocycles. The molecule has 1 atom stereocenters. The van der Waals surface area contributed by atoms with E-state index in [1.807, 2.05) is 0 Å². The first-order valence-corrected chi connectivity index (χ1v) is 4.54. The molecule has 0 rings (SSSR count). The summed E-state index contributed by atoms with van der Waals surface area (Å²) in [6.07, 6.45) is -0.458. The maximum absolute atomic E-state index is 10.4. The van der Waals surface area contributed by atoms with Crippen molar-refractivity contribution in [3.63, 3.8) is 0 Å². The molecular weight excluding hydrogens is 212 g/mol. The van der Waals surface area contributed by atoms with Gasteiger partial charge in [-0.05, 0) is 0 Å². The minimum Gasteiger partial charge on any atom is -0.463 e. The molecule has 0 unspecified atom stereocenters. The Hall–Kier alpha value is -0.810. The van der Waals surface area contributed by atoms with Crippen LogP contribution in [0.25, 0.3) is 0 Å². The lowest BCUT2D eigenvalue weighted by atomic mass is 10.4. The van der Waals surface area contributed by atoms with E-state index >= 15 is 0 Å². The second-order valence-corrected chi connectivity index (χ2v) is 2.81. The third kappa shape index (κ3) is 7.82. The van der Waals surface area contributed by atoms with Crippen LogP contribution in [0.1, 0.15) is 13.8 Å². The lowest BCUT2D eigenvalue weighted by Crippen LogP contribution is -2.24. The van der Waals surface area contributed by atoms with Crippen molar-refractivity contribution in [3.05, 3.63) is 0 Å². The van der Waals surface area contributed by atoms with Crippen LogP contribution in [0.3, 0.4) is 0 Å². The summed E-state index contributed by atoms with van der Waals surface area (Å²) in [5.41, 5.74) is 0. The van der Waals surface area contributed by atoms with Crippen molar-refractivity contribution in [1.29, 1.82) is 0 Å². The number of hydrogen-bond acceptors (Lipinski definition) is 5. The van der Waals surface area contributed by atoms with Crippen LogP contribution in [0.15, 0.2) is 0 Å². The normalized spacial score (nSPS) is 11.9. The van der Waals surface area contributed by atoms with Gasteiger partial charge in [0.2, 0.25) is 0 Å².